The van der Waals surface area contributed by atoms with Gasteiger partial charge in [0.05, 0.1) is 13.2 Å². The molecule has 0 unspecified atom stereocenters. The van der Waals surface area contributed by atoms with Gasteiger partial charge < -0.3 is 9.47 Å². The largest absolute Gasteiger partial charge is 0.490 e. The minimum Gasteiger partial charge on any atom is -0.490 e. The molecular formula is C31H40F4O2. The van der Waals surface area contributed by atoms with Crippen LogP contribution in [-0.2, 0) is 0 Å². The van der Waals surface area contributed by atoms with Gasteiger partial charge in [0.1, 0.15) is 0 Å². The Morgan fingerprint density at radius 1 is 0.649 bits per heavy atom. The average molecular weight is 521 g/mol. The quantitative estimate of drug-likeness (QED) is 0.229. The van der Waals surface area contributed by atoms with Crippen LogP contribution < -0.4 is 9.47 Å². The molecule has 0 bridgehead atoms. The van der Waals surface area contributed by atoms with Crippen LogP contribution in [0.25, 0.3) is 0 Å². The summed E-state index contributed by atoms with van der Waals surface area (Å²) < 4.78 is 70.1. The molecule has 2 aliphatic rings. The third-order valence-corrected chi connectivity index (χ3v) is 8.38. The average Bonchev–Trinajstić information content (AvgIpc) is 2.91. The molecule has 204 valence electrons. The molecule has 0 aliphatic heterocycles. The van der Waals surface area contributed by atoms with E-state index >= 15 is 0 Å². The van der Waals surface area contributed by atoms with Crippen LogP contribution in [0.3, 0.4) is 0 Å². The van der Waals surface area contributed by atoms with Crippen molar-refractivity contribution in [1.29, 1.82) is 0 Å². The van der Waals surface area contributed by atoms with Crippen molar-refractivity contribution in [2.75, 3.05) is 13.2 Å². The standard InChI is InChI=1S/C31H40F4O2/c1-3-4-5-18-36-26-16-14-25(28(32)30(26)34)23-12-8-21(9-13-23)19-37-27-17-15-24(29(33)31(27)35)22-10-6-20(2)7-11-22/h14-17,20-23H,3-13,18-19H2,1-2H3. The van der Waals surface area contributed by atoms with E-state index < -0.39 is 23.3 Å². The molecule has 0 saturated heterocycles. The molecule has 2 saturated carbocycles. The van der Waals surface area contributed by atoms with Crippen molar-refractivity contribution < 1.29 is 27.0 Å². The number of hydrogen-bond acceptors (Lipinski definition) is 2. The summed E-state index contributed by atoms with van der Waals surface area (Å²) in [5, 5.41) is 0. The number of hydrogen-bond donors (Lipinski definition) is 0. The number of rotatable bonds is 10. The lowest BCUT2D eigenvalue weighted by Crippen LogP contribution is -2.20. The molecule has 0 aromatic heterocycles. The fourth-order valence-corrected chi connectivity index (χ4v) is 5.90. The van der Waals surface area contributed by atoms with Gasteiger partial charge in [-0.2, -0.15) is 8.78 Å². The predicted molar refractivity (Wildman–Crippen MR) is 138 cm³/mol. The summed E-state index contributed by atoms with van der Waals surface area (Å²) in [7, 11) is 0. The van der Waals surface area contributed by atoms with Gasteiger partial charge in [-0.05, 0) is 91.9 Å². The van der Waals surface area contributed by atoms with E-state index in [2.05, 4.69) is 13.8 Å². The topological polar surface area (TPSA) is 18.5 Å². The Bertz CT molecular complexity index is 1020. The lowest BCUT2D eigenvalue weighted by molar-refractivity contribution is 0.191. The Kier molecular flexibility index (Phi) is 9.77. The van der Waals surface area contributed by atoms with Crippen molar-refractivity contribution in [1.82, 2.24) is 0 Å². The van der Waals surface area contributed by atoms with Gasteiger partial charge in [0.15, 0.2) is 23.1 Å². The van der Waals surface area contributed by atoms with Crippen molar-refractivity contribution in [3.05, 3.63) is 58.7 Å². The molecule has 0 N–H and O–H groups in total. The summed E-state index contributed by atoms with van der Waals surface area (Å²) in [4.78, 5) is 0. The number of unbranched alkanes of at least 4 members (excludes halogenated alkanes) is 2. The highest BCUT2D eigenvalue weighted by molar-refractivity contribution is 5.34. The molecule has 37 heavy (non-hydrogen) atoms. The van der Waals surface area contributed by atoms with Crippen LogP contribution in [0.4, 0.5) is 17.6 Å². The zero-order valence-electron chi connectivity index (χ0n) is 22.1. The smallest absolute Gasteiger partial charge is 0.200 e. The second-order valence-electron chi connectivity index (χ2n) is 11.1. The highest BCUT2D eigenvalue weighted by atomic mass is 19.2. The Morgan fingerprint density at radius 2 is 1.16 bits per heavy atom. The highest BCUT2D eigenvalue weighted by Gasteiger charge is 2.28. The van der Waals surface area contributed by atoms with Crippen LogP contribution in [-0.4, -0.2) is 13.2 Å². The lowest BCUT2D eigenvalue weighted by Gasteiger charge is -2.29. The monoisotopic (exact) mass is 520 g/mol. The third-order valence-electron chi connectivity index (χ3n) is 8.38. The van der Waals surface area contributed by atoms with Gasteiger partial charge in [0.25, 0.3) is 0 Å². The Labute approximate surface area is 218 Å². The summed E-state index contributed by atoms with van der Waals surface area (Å²) in [5.41, 5.74) is 0.850. The Balaban J connectivity index is 1.29. The van der Waals surface area contributed by atoms with Gasteiger partial charge in [0, 0.05) is 0 Å². The summed E-state index contributed by atoms with van der Waals surface area (Å²) in [6.45, 7) is 4.93. The lowest BCUT2D eigenvalue weighted by atomic mass is 9.78. The van der Waals surface area contributed by atoms with Crippen molar-refractivity contribution >= 4 is 0 Å². The predicted octanol–water partition coefficient (Wildman–Crippen LogP) is 9.46. The van der Waals surface area contributed by atoms with E-state index in [0.29, 0.717) is 36.5 Å². The maximum absolute atomic E-state index is 14.8. The number of halogens is 4. The van der Waals surface area contributed by atoms with Crippen LogP contribution in [0.2, 0.25) is 0 Å². The number of ether oxygens (including phenoxy) is 2. The van der Waals surface area contributed by atoms with Crippen LogP contribution in [0.15, 0.2) is 24.3 Å². The molecule has 0 spiro atoms. The minimum atomic E-state index is -0.914. The van der Waals surface area contributed by atoms with E-state index in [9.17, 15) is 17.6 Å². The van der Waals surface area contributed by atoms with Gasteiger partial charge >= 0.3 is 0 Å². The van der Waals surface area contributed by atoms with E-state index in [4.69, 9.17) is 9.47 Å². The second-order valence-corrected chi connectivity index (χ2v) is 11.1. The summed E-state index contributed by atoms with van der Waals surface area (Å²) in [5.74, 6) is -2.70. The molecule has 6 heteroatoms. The fourth-order valence-electron chi connectivity index (χ4n) is 5.90. The molecular weight excluding hydrogens is 480 g/mol. The maximum atomic E-state index is 14.8. The van der Waals surface area contributed by atoms with Gasteiger partial charge in [-0.3, -0.25) is 0 Å². The first-order chi connectivity index (χ1) is 17.9. The summed E-state index contributed by atoms with van der Waals surface area (Å²) in [6, 6.07) is 6.41. The number of benzene rings is 2. The van der Waals surface area contributed by atoms with Crippen molar-refractivity contribution in [3.8, 4) is 11.5 Å². The molecule has 0 radical (unpaired) electrons. The first-order valence-corrected chi connectivity index (χ1v) is 14.1. The zero-order valence-corrected chi connectivity index (χ0v) is 22.1. The second kappa shape index (κ2) is 13.0. The molecule has 2 fully saturated rings. The first kappa shape index (κ1) is 27.8. The molecule has 4 rings (SSSR count). The third kappa shape index (κ3) is 6.80. The molecule has 2 nitrogen and oxygen atoms in total. The molecule has 2 aromatic carbocycles. The van der Waals surface area contributed by atoms with Gasteiger partial charge in [0.2, 0.25) is 11.6 Å². The molecule has 2 aliphatic carbocycles. The Morgan fingerprint density at radius 3 is 1.70 bits per heavy atom. The van der Waals surface area contributed by atoms with Crippen molar-refractivity contribution in [2.45, 2.75) is 96.3 Å². The van der Waals surface area contributed by atoms with E-state index in [0.717, 1.165) is 57.8 Å². The van der Waals surface area contributed by atoms with Crippen molar-refractivity contribution in [2.24, 2.45) is 11.8 Å². The first-order valence-electron chi connectivity index (χ1n) is 14.1. The molecule has 2 aromatic rings. The molecule has 0 amide bonds. The van der Waals surface area contributed by atoms with E-state index in [-0.39, 0.29) is 35.9 Å². The zero-order chi connectivity index (χ0) is 26.4. The van der Waals surface area contributed by atoms with Crippen LogP contribution in [0.1, 0.15) is 107 Å². The Hall–Kier alpha value is -2.24. The SMILES string of the molecule is CCCCCOc1ccc(C2CCC(COc3ccc(C4CCC(C)CC4)c(F)c3F)CC2)c(F)c1F. The van der Waals surface area contributed by atoms with E-state index in [1.807, 2.05) is 0 Å². The minimum absolute atomic E-state index is 0.0299. The van der Waals surface area contributed by atoms with Gasteiger partial charge in [-0.25, -0.2) is 8.78 Å². The van der Waals surface area contributed by atoms with Gasteiger partial charge in [-0.1, -0.05) is 51.7 Å². The van der Waals surface area contributed by atoms with E-state index in [1.54, 1.807) is 18.2 Å². The normalized spacial score (nSPS) is 24.2. The van der Waals surface area contributed by atoms with Crippen LogP contribution in [0, 0.1) is 35.1 Å². The fraction of sp³-hybridized carbons (Fsp3) is 0.613. The van der Waals surface area contributed by atoms with Crippen LogP contribution >= 0.6 is 0 Å². The highest BCUT2D eigenvalue weighted by Crippen LogP contribution is 2.40. The maximum Gasteiger partial charge on any atom is 0.200 e. The van der Waals surface area contributed by atoms with Crippen LogP contribution in [0.5, 0.6) is 11.5 Å². The summed E-state index contributed by atoms with van der Waals surface area (Å²) >= 11 is 0. The molecule has 0 atom stereocenters. The molecule has 0 heterocycles. The van der Waals surface area contributed by atoms with E-state index in [1.165, 1.54) is 6.07 Å². The van der Waals surface area contributed by atoms with Gasteiger partial charge in [-0.15, -0.1) is 0 Å². The summed E-state index contributed by atoms with van der Waals surface area (Å²) in [6.07, 6.45) is 9.58. The van der Waals surface area contributed by atoms with Crippen molar-refractivity contribution in [3.63, 3.8) is 0 Å².